The van der Waals surface area contributed by atoms with Crippen molar-refractivity contribution in [1.82, 2.24) is 14.7 Å². The minimum atomic E-state index is -1.11. The van der Waals surface area contributed by atoms with Crippen molar-refractivity contribution in [1.29, 1.82) is 0 Å². The maximum atomic E-state index is 14.3. The van der Waals surface area contributed by atoms with Gasteiger partial charge in [0.2, 0.25) is 17.7 Å². The van der Waals surface area contributed by atoms with Crippen LogP contribution in [0.25, 0.3) is 0 Å². The molecule has 8 nitrogen and oxygen atoms in total. The SMILES string of the molecule is C=CCN(Cc1ccccc1)C(=O)[C@@H]1[C@H]2C(=O)N([C@H](C)CO)C(C(=O)N(CC=C)C(C)(C)C)C23CC[C@H]1O3. The molecule has 3 aliphatic heterocycles. The predicted octanol–water partition coefficient (Wildman–Crippen LogP) is 2.77. The van der Waals surface area contributed by atoms with Gasteiger partial charge in [0.05, 0.1) is 30.6 Å². The van der Waals surface area contributed by atoms with E-state index in [0.717, 1.165) is 5.56 Å². The molecule has 0 aromatic heterocycles. The first-order valence-electron chi connectivity index (χ1n) is 13.5. The van der Waals surface area contributed by atoms with Gasteiger partial charge in [-0.05, 0) is 46.1 Å². The van der Waals surface area contributed by atoms with Gasteiger partial charge in [-0.15, -0.1) is 13.2 Å². The third kappa shape index (κ3) is 4.58. The fraction of sp³-hybridized carbons (Fsp3) is 0.567. The van der Waals surface area contributed by atoms with Crippen LogP contribution in [-0.2, 0) is 25.7 Å². The second kappa shape index (κ2) is 10.7. The van der Waals surface area contributed by atoms with E-state index in [0.29, 0.717) is 32.5 Å². The maximum absolute atomic E-state index is 14.3. The largest absolute Gasteiger partial charge is 0.394 e. The summed E-state index contributed by atoms with van der Waals surface area (Å²) in [6.07, 6.45) is 4.02. The maximum Gasteiger partial charge on any atom is 0.249 e. The van der Waals surface area contributed by atoms with E-state index in [1.807, 2.05) is 51.1 Å². The Morgan fingerprint density at radius 1 is 1.18 bits per heavy atom. The van der Waals surface area contributed by atoms with Gasteiger partial charge < -0.3 is 24.5 Å². The molecule has 1 spiro atoms. The van der Waals surface area contributed by atoms with Gasteiger partial charge in [0.1, 0.15) is 11.6 Å². The molecule has 38 heavy (non-hydrogen) atoms. The van der Waals surface area contributed by atoms with E-state index in [1.165, 1.54) is 4.90 Å². The summed E-state index contributed by atoms with van der Waals surface area (Å²) in [5.41, 5.74) is -0.660. The summed E-state index contributed by atoms with van der Waals surface area (Å²) < 4.78 is 6.58. The number of carbonyl (C=O) groups is 3. The van der Waals surface area contributed by atoms with Crippen LogP contribution in [-0.4, -0.2) is 86.6 Å². The molecule has 0 radical (unpaired) electrons. The normalized spacial score (nSPS) is 28.7. The molecule has 206 valence electrons. The van der Waals surface area contributed by atoms with Crippen LogP contribution in [0, 0.1) is 11.8 Å². The molecule has 0 aliphatic carbocycles. The Hall–Kier alpha value is -2.97. The Balaban J connectivity index is 1.74. The summed E-state index contributed by atoms with van der Waals surface area (Å²) in [5.74, 6) is -2.19. The van der Waals surface area contributed by atoms with E-state index in [2.05, 4.69) is 13.2 Å². The number of ether oxygens (including phenoxy) is 1. The number of benzene rings is 1. The van der Waals surface area contributed by atoms with Crippen molar-refractivity contribution >= 4 is 17.7 Å². The number of hydrogen-bond donors (Lipinski definition) is 1. The lowest BCUT2D eigenvalue weighted by Gasteiger charge is -2.43. The number of fused-ring (bicyclic) bond motifs is 1. The number of rotatable bonds is 10. The van der Waals surface area contributed by atoms with Gasteiger partial charge in [0.25, 0.3) is 0 Å². The molecule has 6 atom stereocenters. The lowest BCUT2D eigenvalue weighted by molar-refractivity contribution is -0.154. The van der Waals surface area contributed by atoms with Gasteiger partial charge in [-0.2, -0.15) is 0 Å². The number of nitrogens with zero attached hydrogens (tertiary/aromatic N) is 3. The molecule has 1 aromatic carbocycles. The fourth-order valence-electron chi connectivity index (χ4n) is 6.59. The molecule has 3 amide bonds. The van der Waals surface area contributed by atoms with E-state index < -0.39 is 41.2 Å². The van der Waals surface area contributed by atoms with Crippen molar-refractivity contribution in [2.24, 2.45) is 11.8 Å². The molecule has 3 aliphatic rings. The van der Waals surface area contributed by atoms with E-state index in [4.69, 9.17) is 4.74 Å². The molecule has 2 unspecified atom stereocenters. The van der Waals surface area contributed by atoms with Gasteiger partial charge >= 0.3 is 0 Å². The standard InChI is InChI=1S/C30H41N3O5/c1-7-16-31(18-21-12-10-9-11-13-21)26(35)23-22-14-15-30(38-22)24(23)27(36)33(20(3)19-34)25(30)28(37)32(17-8-2)29(4,5)6/h7-13,20,22-25,34H,1-2,14-19H2,3-6H3/t20-,22-,23+,24+,25?,30?/m1/s1. The van der Waals surface area contributed by atoms with Crippen LogP contribution in [0.5, 0.6) is 0 Å². The molecule has 4 rings (SSSR count). The highest BCUT2D eigenvalue weighted by Gasteiger charge is 2.75. The summed E-state index contributed by atoms with van der Waals surface area (Å²) in [6, 6.07) is 8.17. The highest BCUT2D eigenvalue weighted by Crippen LogP contribution is 2.59. The Morgan fingerprint density at radius 2 is 1.84 bits per heavy atom. The van der Waals surface area contributed by atoms with Crippen molar-refractivity contribution < 1.29 is 24.2 Å². The predicted molar refractivity (Wildman–Crippen MR) is 145 cm³/mol. The van der Waals surface area contributed by atoms with E-state index in [9.17, 15) is 19.5 Å². The first-order valence-corrected chi connectivity index (χ1v) is 13.5. The average molecular weight is 524 g/mol. The summed E-state index contributed by atoms with van der Waals surface area (Å²) in [7, 11) is 0. The van der Waals surface area contributed by atoms with Crippen LogP contribution in [0.1, 0.15) is 46.1 Å². The zero-order valence-corrected chi connectivity index (χ0v) is 23.0. The Morgan fingerprint density at radius 3 is 2.42 bits per heavy atom. The second-order valence-electron chi connectivity index (χ2n) is 11.7. The smallest absolute Gasteiger partial charge is 0.249 e. The van der Waals surface area contributed by atoms with Crippen LogP contribution in [0.15, 0.2) is 55.6 Å². The molecule has 2 bridgehead atoms. The van der Waals surface area contributed by atoms with E-state index in [1.54, 1.807) is 28.9 Å². The summed E-state index contributed by atoms with van der Waals surface area (Å²) in [6.45, 7) is 15.9. The molecule has 3 saturated heterocycles. The molecule has 1 aromatic rings. The highest BCUT2D eigenvalue weighted by molar-refractivity contribution is 5.99. The third-order valence-corrected chi connectivity index (χ3v) is 8.26. The van der Waals surface area contributed by atoms with Gasteiger partial charge in [0, 0.05) is 25.2 Å². The molecule has 8 heteroatoms. The lowest BCUT2D eigenvalue weighted by Crippen LogP contribution is -2.61. The zero-order valence-electron chi connectivity index (χ0n) is 23.0. The van der Waals surface area contributed by atoms with E-state index >= 15 is 0 Å². The van der Waals surface area contributed by atoms with Crippen molar-refractivity contribution in [3.8, 4) is 0 Å². The van der Waals surface area contributed by atoms with Crippen LogP contribution in [0.4, 0.5) is 0 Å². The van der Waals surface area contributed by atoms with Crippen LogP contribution in [0.3, 0.4) is 0 Å². The average Bonchev–Trinajstić information content (AvgIpc) is 3.53. The molecular formula is C30H41N3O5. The quantitative estimate of drug-likeness (QED) is 0.477. The topological polar surface area (TPSA) is 90.4 Å². The first kappa shape index (κ1) is 28.0. The van der Waals surface area contributed by atoms with Crippen molar-refractivity contribution in [2.45, 2.75) is 76.4 Å². The molecule has 3 heterocycles. The minimum Gasteiger partial charge on any atom is -0.394 e. The number of hydrogen-bond acceptors (Lipinski definition) is 5. The Kier molecular flexibility index (Phi) is 7.86. The molecule has 1 N–H and O–H groups in total. The highest BCUT2D eigenvalue weighted by atomic mass is 16.5. The fourth-order valence-corrected chi connectivity index (χ4v) is 6.59. The van der Waals surface area contributed by atoms with Crippen LogP contribution in [0.2, 0.25) is 0 Å². The monoisotopic (exact) mass is 523 g/mol. The Labute approximate surface area is 225 Å². The minimum absolute atomic E-state index is 0.165. The first-order chi connectivity index (χ1) is 18.0. The lowest BCUT2D eigenvalue weighted by atomic mass is 9.70. The second-order valence-corrected chi connectivity index (χ2v) is 11.7. The Bertz CT molecular complexity index is 1080. The molecule has 0 saturated carbocycles. The number of aliphatic hydroxyl groups is 1. The van der Waals surface area contributed by atoms with Gasteiger partial charge in [-0.25, -0.2) is 0 Å². The summed E-state index contributed by atoms with van der Waals surface area (Å²) in [5, 5.41) is 10.1. The third-order valence-electron chi connectivity index (χ3n) is 8.26. The van der Waals surface area contributed by atoms with E-state index in [-0.39, 0.29) is 24.3 Å². The van der Waals surface area contributed by atoms with Crippen LogP contribution >= 0.6 is 0 Å². The summed E-state index contributed by atoms with van der Waals surface area (Å²) in [4.78, 5) is 47.4. The van der Waals surface area contributed by atoms with Crippen molar-refractivity contribution in [3.63, 3.8) is 0 Å². The van der Waals surface area contributed by atoms with Crippen LogP contribution < -0.4 is 0 Å². The van der Waals surface area contributed by atoms with Crippen molar-refractivity contribution in [3.05, 3.63) is 61.2 Å². The molecule has 3 fully saturated rings. The van der Waals surface area contributed by atoms with Gasteiger partial charge in [0.15, 0.2) is 0 Å². The number of likely N-dealkylation sites (tertiary alicyclic amines) is 1. The zero-order chi connectivity index (χ0) is 27.8. The number of amides is 3. The number of aliphatic hydroxyl groups excluding tert-OH is 1. The number of carbonyl (C=O) groups excluding carboxylic acids is 3. The van der Waals surface area contributed by atoms with Gasteiger partial charge in [-0.1, -0.05) is 42.5 Å². The van der Waals surface area contributed by atoms with Gasteiger partial charge in [-0.3, -0.25) is 14.4 Å². The van der Waals surface area contributed by atoms with Crippen molar-refractivity contribution in [2.75, 3.05) is 19.7 Å². The summed E-state index contributed by atoms with van der Waals surface area (Å²) >= 11 is 0. The molecular weight excluding hydrogens is 482 g/mol.